The Morgan fingerprint density at radius 3 is 2.68 bits per heavy atom. The van der Waals surface area contributed by atoms with Gasteiger partial charge in [0.05, 0.1) is 7.11 Å². The van der Waals surface area contributed by atoms with Crippen molar-refractivity contribution in [1.82, 2.24) is 24.9 Å². The van der Waals surface area contributed by atoms with E-state index < -0.39 is 5.25 Å². The molecule has 142 valence electrons. The van der Waals surface area contributed by atoms with Crippen LogP contribution in [0.1, 0.15) is 16.9 Å². The molecule has 7 nitrogen and oxygen atoms in total. The molecule has 0 aliphatic carbocycles. The van der Waals surface area contributed by atoms with Crippen LogP contribution in [0.25, 0.3) is 22.8 Å². The Morgan fingerprint density at radius 1 is 1.11 bits per heavy atom. The molecule has 4 aromatic rings. The average Bonchev–Trinajstić information content (AvgIpc) is 3.35. The van der Waals surface area contributed by atoms with Gasteiger partial charge in [-0.05, 0) is 30.3 Å². The predicted octanol–water partition coefficient (Wildman–Crippen LogP) is 4.21. The molecule has 28 heavy (non-hydrogen) atoms. The Labute approximate surface area is 171 Å². The maximum absolute atomic E-state index is 6.03. The molecular weight excluding hydrogens is 398 g/mol. The van der Waals surface area contributed by atoms with E-state index in [0.717, 1.165) is 16.9 Å². The van der Waals surface area contributed by atoms with Crippen molar-refractivity contribution >= 4 is 24.2 Å². The van der Waals surface area contributed by atoms with Crippen LogP contribution in [-0.4, -0.2) is 32.0 Å². The summed E-state index contributed by atoms with van der Waals surface area (Å²) >= 11 is 10.7. The van der Waals surface area contributed by atoms with Gasteiger partial charge in [0.15, 0.2) is 17.5 Å². The lowest BCUT2D eigenvalue weighted by Gasteiger charge is -2.08. The molecule has 4 rings (SSSR count). The van der Waals surface area contributed by atoms with Crippen LogP contribution >= 0.6 is 24.2 Å². The molecule has 0 bridgehead atoms. The molecule has 2 aromatic carbocycles. The van der Waals surface area contributed by atoms with Gasteiger partial charge in [-0.15, -0.1) is 10.2 Å². The van der Waals surface area contributed by atoms with Crippen LogP contribution in [0.2, 0.25) is 5.02 Å². The quantitative estimate of drug-likeness (QED) is 0.493. The van der Waals surface area contributed by atoms with Crippen molar-refractivity contribution in [2.24, 2.45) is 7.05 Å². The largest absolute Gasteiger partial charge is 0.497 e. The minimum absolute atomic E-state index is 0.367. The van der Waals surface area contributed by atoms with E-state index in [9.17, 15) is 0 Å². The molecule has 0 saturated heterocycles. The summed E-state index contributed by atoms with van der Waals surface area (Å²) in [6.45, 7) is 0. The van der Waals surface area contributed by atoms with E-state index in [1.807, 2.05) is 48.0 Å². The zero-order valence-electron chi connectivity index (χ0n) is 15.1. The van der Waals surface area contributed by atoms with Crippen LogP contribution in [0.15, 0.2) is 53.1 Å². The maximum atomic E-state index is 6.03. The first kappa shape index (κ1) is 18.5. The zero-order chi connectivity index (χ0) is 19.7. The van der Waals surface area contributed by atoms with Crippen molar-refractivity contribution in [2.45, 2.75) is 5.25 Å². The molecule has 0 saturated carbocycles. The topological polar surface area (TPSA) is 78.9 Å². The average molecular weight is 414 g/mol. The molecule has 0 fully saturated rings. The van der Waals surface area contributed by atoms with Crippen LogP contribution in [0.5, 0.6) is 5.75 Å². The summed E-state index contributed by atoms with van der Waals surface area (Å²) in [5, 5.41) is 12.7. The molecule has 2 aromatic heterocycles. The van der Waals surface area contributed by atoms with E-state index >= 15 is 0 Å². The Hall–Kier alpha value is -2.84. The molecule has 2 heterocycles. The van der Waals surface area contributed by atoms with Gasteiger partial charge in [0.2, 0.25) is 0 Å². The van der Waals surface area contributed by atoms with Crippen molar-refractivity contribution in [1.29, 1.82) is 0 Å². The maximum Gasteiger partial charge on any atom is 0.258 e. The Bertz CT molecular complexity index is 1130. The standard InChI is InChI=1S/C19H16ClN5O2S/c1-25-17(11-5-4-8-14(10-11)26-2)22-23-18(25)15(28)16-21-19(27-24-16)12-6-3-7-13(20)9-12/h3-10,15,28H,1-2H3. The highest BCUT2D eigenvalue weighted by atomic mass is 35.5. The lowest BCUT2D eigenvalue weighted by atomic mass is 10.2. The van der Waals surface area contributed by atoms with Gasteiger partial charge in [0, 0.05) is 23.2 Å². The molecule has 0 amide bonds. The summed E-state index contributed by atoms with van der Waals surface area (Å²) < 4.78 is 12.5. The van der Waals surface area contributed by atoms with Gasteiger partial charge in [-0.3, -0.25) is 0 Å². The number of hydrogen-bond donors (Lipinski definition) is 1. The minimum Gasteiger partial charge on any atom is -0.497 e. The number of halogens is 1. The van der Waals surface area contributed by atoms with Crippen LogP contribution in [0, 0.1) is 0 Å². The molecular formula is C19H16ClN5O2S. The smallest absolute Gasteiger partial charge is 0.258 e. The van der Waals surface area contributed by atoms with Crippen LogP contribution in [-0.2, 0) is 7.05 Å². The Balaban J connectivity index is 1.64. The highest BCUT2D eigenvalue weighted by Crippen LogP contribution is 2.30. The van der Waals surface area contributed by atoms with Crippen molar-refractivity contribution in [2.75, 3.05) is 7.11 Å². The fourth-order valence-electron chi connectivity index (χ4n) is 2.79. The minimum atomic E-state index is -0.506. The molecule has 9 heteroatoms. The number of methoxy groups -OCH3 is 1. The van der Waals surface area contributed by atoms with Crippen LogP contribution < -0.4 is 4.74 Å². The van der Waals surface area contributed by atoms with Crippen LogP contribution in [0.3, 0.4) is 0 Å². The van der Waals surface area contributed by atoms with Crippen LogP contribution in [0.4, 0.5) is 0 Å². The predicted molar refractivity (Wildman–Crippen MR) is 109 cm³/mol. The SMILES string of the molecule is COc1cccc(-c2nnc(C(S)c3noc(-c4cccc(Cl)c4)n3)n2C)c1. The number of rotatable bonds is 5. The van der Waals surface area contributed by atoms with Gasteiger partial charge in [0.1, 0.15) is 11.0 Å². The number of ether oxygens (including phenoxy) is 1. The monoisotopic (exact) mass is 413 g/mol. The molecule has 0 aliphatic heterocycles. The summed E-state index contributed by atoms with van der Waals surface area (Å²) in [6.07, 6.45) is 0. The van der Waals surface area contributed by atoms with E-state index in [1.54, 1.807) is 19.2 Å². The van der Waals surface area contributed by atoms with Gasteiger partial charge in [-0.25, -0.2) is 0 Å². The Kier molecular flexibility index (Phi) is 5.06. The number of aromatic nitrogens is 5. The number of benzene rings is 2. The first-order valence-corrected chi connectivity index (χ1v) is 9.27. The summed E-state index contributed by atoms with van der Waals surface area (Å²) in [6, 6.07) is 14.8. The summed E-state index contributed by atoms with van der Waals surface area (Å²) in [4.78, 5) is 4.43. The number of hydrogen-bond acceptors (Lipinski definition) is 7. The molecule has 1 atom stereocenters. The number of nitrogens with zero attached hydrogens (tertiary/aromatic N) is 5. The van der Waals surface area contributed by atoms with E-state index in [4.69, 9.17) is 20.9 Å². The second-order valence-corrected chi connectivity index (χ2v) is 7.00. The second-order valence-electron chi connectivity index (χ2n) is 6.04. The van der Waals surface area contributed by atoms with Crippen molar-refractivity contribution in [3.05, 3.63) is 65.2 Å². The third kappa shape index (κ3) is 3.48. The fraction of sp³-hybridized carbons (Fsp3) is 0.158. The van der Waals surface area contributed by atoms with Gasteiger partial charge < -0.3 is 13.8 Å². The van der Waals surface area contributed by atoms with Gasteiger partial charge in [-0.1, -0.05) is 35.0 Å². The fourth-order valence-corrected chi connectivity index (χ4v) is 3.31. The zero-order valence-corrected chi connectivity index (χ0v) is 16.7. The Morgan fingerprint density at radius 2 is 1.89 bits per heavy atom. The third-order valence-corrected chi connectivity index (χ3v) is 4.94. The first-order valence-electron chi connectivity index (χ1n) is 8.38. The van der Waals surface area contributed by atoms with Gasteiger partial charge >= 0.3 is 0 Å². The van der Waals surface area contributed by atoms with Crippen molar-refractivity contribution in [3.63, 3.8) is 0 Å². The highest BCUT2D eigenvalue weighted by molar-refractivity contribution is 7.80. The lowest BCUT2D eigenvalue weighted by Crippen LogP contribution is -2.05. The van der Waals surface area contributed by atoms with E-state index in [2.05, 4.69) is 33.0 Å². The second kappa shape index (κ2) is 7.65. The van der Waals surface area contributed by atoms with Crippen molar-refractivity contribution in [3.8, 4) is 28.6 Å². The van der Waals surface area contributed by atoms with E-state index in [1.165, 1.54) is 0 Å². The summed E-state index contributed by atoms with van der Waals surface area (Å²) in [5.41, 5.74) is 1.62. The van der Waals surface area contributed by atoms with E-state index in [-0.39, 0.29) is 0 Å². The summed E-state index contributed by atoms with van der Waals surface area (Å²) in [5.74, 6) is 2.79. The molecule has 1 unspecified atom stereocenters. The molecule has 0 spiro atoms. The summed E-state index contributed by atoms with van der Waals surface area (Å²) in [7, 11) is 3.49. The third-order valence-electron chi connectivity index (χ3n) is 4.24. The van der Waals surface area contributed by atoms with E-state index in [0.29, 0.717) is 28.4 Å². The van der Waals surface area contributed by atoms with Gasteiger partial charge in [0.25, 0.3) is 5.89 Å². The number of thiol groups is 1. The highest BCUT2D eigenvalue weighted by Gasteiger charge is 2.24. The van der Waals surface area contributed by atoms with Crippen molar-refractivity contribution < 1.29 is 9.26 Å². The molecule has 0 aliphatic rings. The molecule has 0 radical (unpaired) electrons. The first-order chi connectivity index (χ1) is 13.6. The molecule has 0 N–H and O–H groups in total. The lowest BCUT2D eigenvalue weighted by molar-refractivity contribution is 0.415. The normalized spacial score (nSPS) is 12.1. The van der Waals surface area contributed by atoms with Gasteiger partial charge in [-0.2, -0.15) is 17.6 Å².